The summed E-state index contributed by atoms with van der Waals surface area (Å²) in [6.07, 6.45) is 5.98. The van der Waals surface area contributed by atoms with Gasteiger partial charge in [-0.15, -0.1) is 0 Å². The first-order valence-corrected chi connectivity index (χ1v) is 13.6. The van der Waals surface area contributed by atoms with E-state index < -0.39 is 0 Å². The van der Waals surface area contributed by atoms with Gasteiger partial charge < -0.3 is 30.0 Å². The normalized spacial score (nSPS) is 18.9. The molecule has 204 valence electrons. The number of morpholine rings is 1. The van der Waals surface area contributed by atoms with Gasteiger partial charge in [0.1, 0.15) is 24.6 Å². The second-order valence-electron chi connectivity index (χ2n) is 9.92. The van der Waals surface area contributed by atoms with Crippen molar-refractivity contribution in [3.8, 4) is 0 Å². The number of aromatic nitrogens is 2. The van der Waals surface area contributed by atoms with Crippen LogP contribution in [0.1, 0.15) is 24.0 Å². The fourth-order valence-electron chi connectivity index (χ4n) is 5.17. The Kier molecular flexibility index (Phi) is 8.87. The molecule has 1 aromatic carbocycles. The van der Waals surface area contributed by atoms with Crippen LogP contribution in [-0.2, 0) is 20.8 Å². The molecule has 0 bridgehead atoms. The average molecular weight is 523 g/mol. The smallest absolute Gasteiger partial charge is 0.227 e. The SMILES string of the molecule is Nc1ncnc(N2CCN(C(=O)Cc3ccc(N4CCCC4)cc3)CC2)c1/C=N/OCCN1CCOCC1. The van der Waals surface area contributed by atoms with Crippen molar-refractivity contribution in [2.24, 2.45) is 5.16 Å². The third-order valence-corrected chi connectivity index (χ3v) is 7.45. The lowest BCUT2D eigenvalue weighted by atomic mass is 10.1. The molecule has 0 spiro atoms. The number of nitrogens with zero attached hydrogens (tertiary/aromatic N) is 7. The van der Waals surface area contributed by atoms with Crippen LogP contribution in [0, 0.1) is 0 Å². The maximum Gasteiger partial charge on any atom is 0.227 e. The number of hydrogen-bond donors (Lipinski definition) is 1. The molecule has 0 radical (unpaired) electrons. The minimum absolute atomic E-state index is 0.149. The zero-order valence-electron chi connectivity index (χ0n) is 22.0. The van der Waals surface area contributed by atoms with Gasteiger partial charge in [-0.05, 0) is 30.5 Å². The molecule has 2 N–H and O–H groups in total. The van der Waals surface area contributed by atoms with Crippen LogP contribution in [0.15, 0.2) is 35.7 Å². The number of oxime groups is 1. The van der Waals surface area contributed by atoms with Crippen molar-refractivity contribution in [3.63, 3.8) is 0 Å². The van der Waals surface area contributed by atoms with E-state index in [1.165, 1.54) is 24.9 Å². The van der Waals surface area contributed by atoms with Gasteiger partial charge in [0.2, 0.25) is 5.91 Å². The molecule has 1 aromatic heterocycles. The van der Waals surface area contributed by atoms with Crippen LogP contribution < -0.4 is 15.5 Å². The maximum absolute atomic E-state index is 13.0. The number of hydrogen-bond acceptors (Lipinski definition) is 10. The zero-order chi connectivity index (χ0) is 26.2. The Morgan fingerprint density at radius 1 is 0.974 bits per heavy atom. The van der Waals surface area contributed by atoms with Gasteiger partial charge in [0.15, 0.2) is 0 Å². The quantitative estimate of drug-likeness (QED) is 0.295. The van der Waals surface area contributed by atoms with Crippen molar-refractivity contribution >= 4 is 29.4 Å². The molecule has 1 amide bonds. The highest BCUT2D eigenvalue weighted by Gasteiger charge is 2.24. The first kappa shape index (κ1) is 26.2. The number of ether oxygens (including phenoxy) is 1. The topological polar surface area (TPSA) is 113 Å². The van der Waals surface area contributed by atoms with E-state index in [9.17, 15) is 4.79 Å². The van der Waals surface area contributed by atoms with Crippen molar-refractivity contribution in [2.45, 2.75) is 19.3 Å². The van der Waals surface area contributed by atoms with Crippen LogP contribution in [-0.4, -0.2) is 111 Å². The van der Waals surface area contributed by atoms with Crippen molar-refractivity contribution in [1.29, 1.82) is 0 Å². The van der Waals surface area contributed by atoms with Crippen molar-refractivity contribution < 1.29 is 14.4 Å². The predicted octanol–water partition coefficient (Wildman–Crippen LogP) is 1.23. The number of rotatable bonds is 9. The number of carbonyl (C=O) groups excluding carboxylic acids is 1. The number of amides is 1. The monoisotopic (exact) mass is 522 g/mol. The molecule has 0 atom stereocenters. The van der Waals surface area contributed by atoms with Crippen molar-refractivity contribution in [3.05, 3.63) is 41.7 Å². The Balaban J connectivity index is 1.11. The van der Waals surface area contributed by atoms with Crippen LogP contribution in [0.3, 0.4) is 0 Å². The fraction of sp³-hybridized carbons (Fsp3) is 0.556. The summed E-state index contributed by atoms with van der Waals surface area (Å²) in [6.45, 7) is 9.45. The molecule has 0 aliphatic carbocycles. The van der Waals surface area contributed by atoms with E-state index >= 15 is 0 Å². The number of nitrogens with two attached hydrogens (primary N) is 1. The lowest BCUT2D eigenvalue weighted by Crippen LogP contribution is -2.49. The number of anilines is 3. The molecule has 4 heterocycles. The third-order valence-electron chi connectivity index (χ3n) is 7.45. The highest BCUT2D eigenvalue weighted by molar-refractivity contribution is 5.91. The van der Waals surface area contributed by atoms with E-state index in [0.29, 0.717) is 56.4 Å². The second kappa shape index (κ2) is 12.9. The fourth-order valence-corrected chi connectivity index (χ4v) is 5.17. The van der Waals surface area contributed by atoms with Gasteiger partial charge in [0.25, 0.3) is 0 Å². The van der Waals surface area contributed by atoms with E-state index in [0.717, 1.165) is 51.5 Å². The number of piperazine rings is 1. The number of nitrogen functional groups attached to an aromatic ring is 1. The van der Waals surface area contributed by atoms with E-state index in [1.807, 2.05) is 4.90 Å². The standard InChI is InChI=1S/C27H38N8O3/c28-26-24(20-31-38-18-15-32-13-16-37-17-14-32)27(30-21-29-26)35-11-9-34(10-12-35)25(36)19-22-3-5-23(6-4-22)33-7-1-2-8-33/h3-6,20-21H,1-2,7-19H2,(H2,28,29,30)/b31-20+. The lowest BCUT2D eigenvalue weighted by Gasteiger charge is -2.36. The molecule has 3 aliphatic rings. The highest BCUT2D eigenvalue weighted by Crippen LogP contribution is 2.23. The summed E-state index contributed by atoms with van der Waals surface area (Å²) in [5.74, 6) is 1.21. The zero-order valence-corrected chi connectivity index (χ0v) is 22.0. The number of benzene rings is 1. The van der Waals surface area contributed by atoms with Crippen LogP contribution in [0.5, 0.6) is 0 Å². The minimum Gasteiger partial charge on any atom is -0.394 e. The molecule has 3 saturated heterocycles. The maximum atomic E-state index is 13.0. The third kappa shape index (κ3) is 6.70. The average Bonchev–Trinajstić information content (AvgIpc) is 3.50. The Hall–Kier alpha value is -3.44. The molecule has 0 unspecified atom stereocenters. The minimum atomic E-state index is 0.149. The molecule has 11 nitrogen and oxygen atoms in total. The second-order valence-corrected chi connectivity index (χ2v) is 9.92. The first-order valence-electron chi connectivity index (χ1n) is 13.6. The van der Waals surface area contributed by atoms with Crippen molar-refractivity contribution in [1.82, 2.24) is 19.8 Å². The van der Waals surface area contributed by atoms with E-state index in [-0.39, 0.29) is 5.91 Å². The van der Waals surface area contributed by atoms with E-state index in [4.69, 9.17) is 15.3 Å². The molecule has 3 aliphatic heterocycles. The highest BCUT2D eigenvalue weighted by atomic mass is 16.6. The molecule has 2 aromatic rings. The Morgan fingerprint density at radius 3 is 2.45 bits per heavy atom. The van der Waals surface area contributed by atoms with Gasteiger partial charge in [0, 0.05) is 64.6 Å². The molecule has 3 fully saturated rings. The van der Waals surface area contributed by atoms with Gasteiger partial charge in [-0.1, -0.05) is 17.3 Å². The molecule has 11 heteroatoms. The van der Waals surface area contributed by atoms with Gasteiger partial charge in [-0.2, -0.15) is 0 Å². The lowest BCUT2D eigenvalue weighted by molar-refractivity contribution is -0.130. The summed E-state index contributed by atoms with van der Waals surface area (Å²) in [7, 11) is 0. The summed E-state index contributed by atoms with van der Waals surface area (Å²) >= 11 is 0. The Morgan fingerprint density at radius 2 is 1.71 bits per heavy atom. The van der Waals surface area contributed by atoms with Crippen LogP contribution in [0.25, 0.3) is 0 Å². The first-order chi connectivity index (χ1) is 18.7. The molecule has 5 rings (SSSR count). The summed E-state index contributed by atoms with van der Waals surface area (Å²) in [5.41, 5.74) is 9.09. The molecular formula is C27H38N8O3. The molecular weight excluding hydrogens is 484 g/mol. The van der Waals surface area contributed by atoms with E-state index in [2.05, 4.69) is 54.1 Å². The summed E-state index contributed by atoms with van der Waals surface area (Å²) in [4.78, 5) is 35.8. The molecule has 0 saturated carbocycles. The Labute approximate surface area is 224 Å². The van der Waals surface area contributed by atoms with Gasteiger partial charge in [-0.3, -0.25) is 9.69 Å². The summed E-state index contributed by atoms with van der Waals surface area (Å²) in [6, 6.07) is 8.45. The van der Waals surface area contributed by atoms with Gasteiger partial charge in [-0.25, -0.2) is 9.97 Å². The predicted molar refractivity (Wildman–Crippen MR) is 148 cm³/mol. The van der Waals surface area contributed by atoms with Gasteiger partial charge in [0.05, 0.1) is 31.4 Å². The summed E-state index contributed by atoms with van der Waals surface area (Å²) in [5, 5.41) is 4.13. The Bertz CT molecular complexity index is 1080. The van der Waals surface area contributed by atoms with Crippen LogP contribution in [0.2, 0.25) is 0 Å². The summed E-state index contributed by atoms with van der Waals surface area (Å²) < 4.78 is 5.37. The molecule has 38 heavy (non-hydrogen) atoms. The van der Waals surface area contributed by atoms with E-state index in [1.54, 1.807) is 6.21 Å². The van der Waals surface area contributed by atoms with Crippen molar-refractivity contribution in [2.75, 3.05) is 94.3 Å². The number of carbonyl (C=O) groups is 1. The largest absolute Gasteiger partial charge is 0.394 e. The van der Waals surface area contributed by atoms with Crippen LogP contribution >= 0.6 is 0 Å². The van der Waals surface area contributed by atoms with Gasteiger partial charge >= 0.3 is 0 Å². The van der Waals surface area contributed by atoms with Crippen LogP contribution in [0.4, 0.5) is 17.3 Å².